The Hall–Kier alpha value is -0.370. The maximum Gasteiger partial charge on any atom is 0.0955 e. The normalized spacial score (nSPS) is 28.2. The molecule has 0 amide bonds. The summed E-state index contributed by atoms with van der Waals surface area (Å²) in [7, 11) is 0. The van der Waals surface area contributed by atoms with Crippen LogP contribution in [-0.2, 0) is 0 Å². The lowest BCUT2D eigenvalue weighted by molar-refractivity contribution is 0.258. The van der Waals surface area contributed by atoms with Gasteiger partial charge in [-0.05, 0) is 37.5 Å². The monoisotopic (exact) mass is 209 g/mol. The Morgan fingerprint density at radius 2 is 2.00 bits per heavy atom. The van der Waals surface area contributed by atoms with E-state index in [9.17, 15) is 0 Å². The van der Waals surface area contributed by atoms with Crippen molar-refractivity contribution in [3.63, 3.8) is 0 Å². The van der Waals surface area contributed by atoms with Crippen molar-refractivity contribution < 1.29 is 0 Å². The van der Waals surface area contributed by atoms with Gasteiger partial charge in [0.15, 0.2) is 0 Å². The van der Waals surface area contributed by atoms with Crippen molar-refractivity contribution in [2.24, 2.45) is 11.8 Å². The first-order valence-electron chi connectivity index (χ1n) is 5.66. The van der Waals surface area contributed by atoms with Gasteiger partial charge in [0.25, 0.3) is 0 Å². The quantitative estimate of drug-likeness (QED) is 0.715. The van der Waals surface area contributed by atoms with Gasteiger partial charge >= 0.3 is 0 Å². The van der Waals surface area contributed by atoms with E-state index in [1.807, 2.05) is 17.5 Å². The molecule has 0 N–H and O–H groups in total. The van der Waals surface area contributed by atoms with E-state index in [2.05, 4.69) is 24.2 Å². The first-order valence-corrected chi connectivity index (χ1v) is 6.54. The number of nitrogens with zero attached hydrogens (tertiary/aromatic N) is 1. The molecule has 0 unspecified atom stereocenters. The zero-order valence-corrected chi connectivity index (χ0v) is 9.89. The zero-order valence-electron chi connectivity index (χ0n) is 9.07. The fraction of sp³-hybridized carbons (Fsp3) is 0.750. The third-order valence-electron chi connectivity index (χ3n) is 3.52. The van der Waals surface area contributed by atoms with E-state index in [0.29, 0.717) is 0 Å². The van der Waals surface area contributed by atoms with Crippen LogP contribution in [0.1, 0.15) is 50.5 Å². The Morgan fingerprint density at radius 1 is 1.29 bits per heavy atom. The summed E-state index contributed by atoms with van der Waals surface area (Å²) in [6.07, 6.45) is 7.46. The van der Waals surface area contributed by atoms with Crippen LogP contribution >= 0.6 is 11.3 Å². The van der Waals surface area contributed by atoms with Gasteiger partial charge in [-0.25, -0.2) is 4.98 Å². The van der Waals surface area contributed by atoms with Gasteiger partial charge in [0, 0.05) is 17.5 Å². The maximum absolute atomic E-state index is 4.43. The first-order chi connectivity index (χ1) is 6.77. The first kappa shape index (κ1) is 10.2. The fourth-order valence-electron chi connectivity index (χ4n) is 2.47. The summed E-state index contributed by atoms with van der Waals surface area (Å²) in [6, 6.07) is 0. The Kier molecular flexibility index (Phi) is 3.22. The summed E-state index contributed by atoms with van der Waals surface area (Å²) in [5.74, 6) is 2.60. The molecule has 1 aliphatic carbocycles. The van der Waals surface area contributed by atoms with Crippen LogP contribution in [0.25, 0.3) is 0 Å². The Bertz CT molecular complexity index is 258. The van der Waals surface area contributed by atoms with E-state index in [0.717, 1.165) is 17.8 Å². The summed E-state index contributed by atoms with van der Waals surface area (Å²) in [6.45, 7) is 4.71. The van der Waals surface area contributed by atoms with Crippen molar-refractivity contribution in [2.75, 3.05) is 0 Å². The number of hydrogen-bond acceptors (Lipinski definition) is 2. The van der Waals surface area contributed by atoms with E-state index in [4.69, 9.17) is 0 Å². The molecule has 1 saturated carbocycles. The van der Waals surface area contributed by atoms with Gasteiger partial charge in [0.1, 0.15) is 0 Å². The summed E-state index contributed by atoms with van der Waals surface area (Å²) < 4.78 is 0. The van der Waals surface area contributed by atoms with Gasteiger partial charge in [0.2, 0.25) is 0 Å². The van der Waals surface area contributed by atoms with Crippen molar-refractivity contribution in [3.05, 3.63) is 16.6 Å². The topological polar surface area (TPSA) is 12.9 Å². The van der Waals surface area contributed by atoms with Crippen LogP contribution in [0.2, 0.25) is 0 Å². The highest BCUT2D eigenvalue weighted by molar-refractivity contribution is 7.09. The molecule has 78 valence electrons. The minimum atomic E-state index is 0.769. The van der Waals surface area contributed by atoms with Gasteiger partial charge < -0.3 is 0 Å². The fourth-order valence-corrected chi connectivity index (χ4v) is 3.28. The zero-order chi connectivity index (χ0) is 9.97. The van der Waals surface area contributed by atoms with Crippen molar-refractivity contribution in [2.45, 2.75) is 45.4 Å². The molecule has 0 spiro atoms. The van der Waals surface area contributed by atoms with Crippen LogP contribution in [0.5, 0.6) is 0 Å². The summed E-state index contributed by atoms with van der Waals surface area (Å²) in [5.41, 5.74) is 0. The lowest BCUT2D eigenvalue weighted by atomic mass is 9.77. The molecule has 1 aromatic heterocycles. The summed E-state index contributed by atoms with van der Waals surface area (Å²) in [5, 5.41) is 3.47. The van der Waals surface area contributed by atoms with Crippen molar-refractivity contribution >= 4 is 11.3 Å². The third kappa shape index (κ3) is 2.17. The third-order valence-corrected chi connectivity index (χ3v) is 4.45. The average molecular weight is 209 g/mol. The molecular weight excluding hydrogens is 190 g/mol. The van der Waals surface area contributed by atoms with E-state index >= 15 is 0 Å². The van der Waals surface area contributed by atoms with Gasteiger partial charge in [-0.1, -0.05) is 13.8 Å². The lowest BCUT2D eigenvalue weighted by Gasteiger charge is -2.29. The van der Waals surface area contributed by atoms with Crippen LogP contribution in [-0.4, -0.2) is 4.98 Å². The minimum Gasteiger partial charge on any atom is -0.249 e. The Labute approximate surface area is 90.6 Å². The molecule has 1 aromatic rings. The molecule has 0 bridgehead atoms. The van der Waals surface area contributed by atoms with Gasteiger partial charge in [-0.2, -0.15) is 0 Å². The van der Waals surface area contributed by atoms with Crippen molar-refractivity contribution in [1.82, 2.24) is 4.98 Å². The highest BCUT2D eigenvalue weighted by Crippen LogP contribution is 2.38. The lowest BCUT2D eigenvalue weighted by Crippen LogP contribution is -2.17. The number of thiazole rings is 1. The molecule has 0 aliphatic heterocycles. The predicted molar refractivity (Wildman–Crippen MR) is 61.7 cm³/mol. The molecule has 1 aliphatic rings. The smallest absolute Gasteiger partial charge is 0.0955 e. The molecule has 1 fully saturated rings. The highest BCUT2D eigenvalue weighted by Gasteiger charge is 2.25. The molecule has 14 heavy (non-hydrogen) atoms. The maximum atomic E-state index is 4.43. The van der Waals surface area contributed by atoms with Crippen LogP contribution < -0.4 is 0 Å². The molecule has 1 nitrogen and oxygen atoms in total. The largest absolute Gasteiger partial charge is 0.249 e. The molecule has 0 atom stereocenters. The molecule has 0 aromatic carbocycles. The van der Waals surface area contributed by atoms with Crippen LogP contribution in [0, 0.1) is 11.8 Å². The molecule has 0 saturated heterocycles. The van der Waals surface area contributed by atoms with Crippen LogP contribution in [0.4, 0.5) is 0 Å². The standard InChI is InChI=1S/C12H19NS/c1-9(2)10-3-5-11(6-4-10)12-13-7-8-14-12/h7-11H,3-6H2,1-2H3. The molecule has 2 rings (SSSR count). The predicted octanol–water partition coefficient (Wildman–Crippen LogP) is 4.07. The van der Waals surface area contributed by atoms with Crippen molar-refractivity contribution in [3.8, 4) is 0 Å². The SMILES string of the molecule is CC(C)C1CCC(c2nccs2)CC1. The molecular formula is C12H19NS. The second kappa shape index (κ2) is 4.43. The summed E-state index contributed by atoms with van der Waals surface area (Å²) >= 11 is 1.83. The average Bonchev–Trinajstić information content (AvgIpc) is 2.71. The van der Waals surface area contributed by atoms with Gasteiger partial charge in [0.05, 0.1) is 5.01 Å². The van der Waals surface area contributed by atoms with Crippen LogP contribution in [0.3, 0.4) is 0 Å². The molecule has 2 heteroatoms. The van der Waals surface area contributed by atoms with E-state index < -0.39 is 0 Å². The Morgan fingerprint density at radius 3 is 2.50 bits per heavy atom. The second-order valence-electron chi connectivity index (χ2n) is 4.73. The summed E-state index contributed by atoms with van der Waals surface area (Å²) in [4.78, 5) is 4.43. The van der Waals surface area contributed by atoms with E-state index in [-0.39, 0.29) is 0 Å². The van der Waals surface area contributed by atoms with E-state index in [1.54, 1.807) is 0 Å². The van der Waals surface area contributed by atoms with Crippen molar-refractivity contribution in [1.29, 1.82) is 0 Å². The number of aromatic nitrogens is 1. The second-order valence-corrected chi connectivity index (χ2v) is 5.65. The molecule has 0 radical (unpaired) electrons. The van der Waals surface area contributed by atoms with E-state index in [1.165, 1.54) is 30.7 Å². The highest BCUT2D eigenvalue weighted by atomic mass is 32.1. The van der Waals surface area contributed by atoms with Gasteiger partial charge in [-0.3, -0.25) is 0 Å². The number of rotatable bonds is 2. The Balaban J connectivity index is 1.90. The van der Waals surface area contributed by atoms with Crippen LogP contribution in [0.15, 0.2) is 11.6 Å². The van der Waals surface area contributed by atoms with Gasteiger partial charge in [-0.15, -0.1) is 11.3 Å². The minimum absolute atomic E-state index is 0.769. The number of hydrogen-bond donors (Lipinski definition) is 0. The molecule has 1 heterocycles.